The van der Waals surface area contributed by atoms with Crippen LogP contribution in [0.3, 0.4) is 0 Å². The number of aromatic nitrogens is 1. The van der Waals surface area contributed by atoms with E-state index < -0.39 is 34.4 Å². The molecule has 0 aliphatic carbocycles. The van der Waals surface area contributed by atoms with Crippen molar-refractivity contribution in [3.63, 3.8) is 0 Å². The molecule has 1 saturated heterocycles. The van der Waals surface area contributed by atoms with Crippen LogP contribution in [-0.4, -0.2) is 45.9 Å². The largest absolute Gasteiger partial charge is 0.507 e. The third kappa shape index (κ3) is 5.10. The zero-order valence-electron chi connectivity index (χ0n) is 21.8. The maximum absolute atomic E-state index is 13.4. The molecular weight excluding hydrogens is 526 g/mol. The number of Topliss-reactive ketones (excluding diaryl/α,β-unsaturated/α-hetero) is 1. The van der Waals surface area contributed by atoms with Gasteiger partial charge < -0.3 is 14.6 Å². The van der Waals surface area contributed by atoms with Crippen LogP contribution in [-0.2, 0) is 14.3 Å². The number of amides is 1. The Morgan fingerprint density at radius 2 is 1.90 bits per heavy atom. The number of rotatable bonds is 7. The molecule has 4 rings (SSSR count). The molecule has 1 N–H and O–H groups in total. The molecule has 0 radical (unpaired) electrons. The summed E-state index contributed by atoms with van der Waals surface area (Å²) in [6.45, 7) is 7.08. The number of aryl methyl sites for hydroxylation is 2. The van der Waals surface area contributed by atoms with E-state index in [0.29, 0.717) is 11.3 Å². The van der Waals surface area contributed by atoms with Crippen molar-refractivity contribution in [3.8, 4) is 5.75 Å². The number of hydrogen-bond donors (Lipinski definition) is 1. The molecule has 0 spiro atoms. The highest BCUT2D eigenvalue weighted by Crippen LogP contribution is 2.44. The molecule has 11 nitrogen and oxygen atoms in total. The molecule has 1 aliphatic rings. The summed E-state index contributed by atoms with van der Waals surface area (Å²) in [6, 6.07) is 9.00. The quantitative estimate of drug-likeness (QED) is 0.108. The number of nitrogens with zero attached hydrogens (tertiary/aromatic N) is 3. The zero-order valence-corrected chi connectivity index (χ0v) is 22.6. The number of anilines is 1. The lowest BCUT2D eigenvalue weighted by Crippen LogP contribution is -2.29. The molecule has 1 atom stereocenters. The predicted molar refractivity (Wildman–Crippen MR) is 143 cm³/mol. The third-order valence-electron chi connectivity index (χ3n) is 6.01. The Morgan fingerprint density at radius 1 is 1.18 bits per heavy atom. The number of benzene rings is 2. The number of ketones is 1. The smallest absolute Gasteiger partial charge is 0.350 e. The minimum atomic E-state index is -1.26. The Bertz CT molecular complexity index is 1540. The lowest BCUT2D eigenvalue weighted by atomic mass is 9.94. The van der Waals surface area contributed by atoms with Crippen LogP contribution in [0, 0.1) is 24.0 Å². The highest BCUT2D eigenvalue weighted by Gasteiger charge is 2.48. The number of nitro groups is 1. The highest BCUT2D eigenvalue weighted by atomic mass is 32.1. The van der Waals surface area contributed by atoms with Crippen molar-refractivity contribution in [1.29, 1.82) is 0 Å². The van der Waals surface area contributed by atoms with E-state index in [1.54, 1.807) is 32.0 Å². The number of thiazole rings is 1. The molecule has 39 heavy (non-hydrogen) atoms. The van der Waals surface area contributed by atoms with Crippen molar-refractivity contribution in [2.45, 2.75) is 39.8 Å². The van der Waals surface area contributed by atoms with Gasteiger partial charge in [0.15, 0.2) is 5.13 Å². The molecule has 0 unspecified atom stereocenters. The molecule has 1 fully saturated rings. The first kappa shape index (κ1) is 27.5. The van der Waals surface area contributed by atoms with E-state index in [1.165, 1.54) is 31.4 Å². The molecule has 202 valence electrons. The zero-order chi connectivity index (χ0) is 28.6. The standard InChI is InChI=1S/C27H25N3O8S/c1-13(2)38-19-10-9-17(11-14(19)3)22(31)20-21(16-7-6-8-18(12-16)30(35)36)29(25(33)23(20)32)27-28-15(4)24(39-27)26(34)37-5/h6-13,21,31H,1-5H3/b22-20+/t21-/m1/s1. The van der Waals surface area contributed by atoms with Crippen LogP contribution in [0.2, 0.25) is 0 Å². The minimum Gasteiger partial charge on any atom is -0.507 e. The van der Waals surface area contributed by atoms with Gasteiger partial charge in [-0.3, -0.25) is 24.6 Å². The average molecular weight is 552 g/mol. The average Bonchev–Trinajstić information content (AvgIpc) is 3.40. The number of non-ortho nitro benzene ring substituents is 1. The van der Waals surface area contributed by atoms with E-state index in [0.717, 1.165) is 16.2 Å². The summed E-state index contributed by atoms with van der Waals surface area (Å²) in [5.74, 6) is -2.55. The molecule has 1 amide bonds. The van der Waals surface area contributed by atoms with Crippen molar-refractivity contribution in [1.82, 2.24) is 4.98 Å². The topological polar surface area (TPSA) is 149 Å². The van der Waals surface area contributed by atoms with Gasteiger partial charge in [-0.05, 0) is 57.0 Å². The number of nitro benzene ring substituents is 1. The summed E-state index contributed by atoms with van der Waals surface area (Å²) < 4.78 is 10.5. The molecule has 2 heterocycles. The Balaban J connectivity index is 1.93. The van der Waals surface area contributed by atoms with E-state index in [4.69, 9.17) is 9.47 Å². The fourth-order valence-electron chi connectivity index (χ4n) is 4.26. The summed E-state index contributed by atoms with van der Waals surface area (Å²) in [5.41, 5.74) is 0.876. The van der Waals surface area contributed by atoms with Gasteiger partial charge in [-0.2, -0.15) is 0 Å². The number of esters is 1. The second kappa shape index (κ2) is 10.7. The van der Waals surface area contributed by atoms with E-state index in [2.05, 4.69) is 4.98 Å². The van der Waals surface area contributed by atoms with Crippen LogP contribution in [0.25, 0.3) is 5.76 Å². The van der Waals surface area contributed by atoms with Crippen molar-refractivity contribution in [3.05, 3.63) is 85.4 Å². The second-order valence-corrected chi connectivity index (χ2v) is 10.0. The normalized spacial score (nSPS) is 16.6. The van der Waals surface area contributed by atoms with Gasteiger partial charge in [0.1, 0.15) is 16.4 Å². The molecule has 2 aromatic carbocycles. The minimum absolute atomic E-state index is 0.00224. The monoisotopic (exact) mass is 551 g/mol. The van der Waals surface area contributed by atoms with Crippen LogP contribution in [0.4, 0.5) is 10.8 Å². The van der Waals surface area contributed by atoms with Crippen LogP contribution in [0.1, 0.15) is 51.9 Å². The van der Waals surface area contributed by atoms with E-state index in [1.807, 2.05) is 13.8 Å². The maximum Gasteiger partial charge on any atom is 0.350 e. The van der Waals surface area contributed by atoms with Crippen LogP contribution < -0.4 is 9.64 Å². The molecule has 12 heteroatoms. The fraction of sp³-hybridized carbons (Fsp3) is 0.259. The summed E-state index contributed by atoms with van der Waals surface area (Å²) in [5, 5.41) is 22.9. The molecular formula is C27H25N3O8S. The van der Waals surface area contributed by atoms with Gasteiger partial charge >= 0.3 is 11.9 Å². The van der Waals surface area contributed by atoms with E-state index >= 15 is 0 Å². The maximum atomic E-state index is 13.4. The number of ether oxygens (including phenoxy) is 2. The molecule has 1 aromatic heterocycles. The molecule has 0 bridgehead atoms. The van der Waals surface area contributed by atoms with Crippen molar-refractivity contribution >= 4 is 45.6 Å². The van der Waals surface area contributed by atoms with Crippen LogP contribution in [0.15, 0.2) is 48.0 Å². The van der Waals surface area contributed by atoms with Gasteiger partial charge in [0, 0.05) is 17.7 Å². The first-order valence-electron chi connectivity index (χ1n) is 11.8. The first-order chi connectivity index (χ1) is 18.4. The summed E-state index contributed by atoms with van der Waals surface area (Å²) >= 11 is 0.836. The van der Waals surface area contributed by atoms with Gasteiger partial charge in [-0.25, -0.2) is 9.78 Å². The lowest BCUT2D eigenvalue weighted by Gasteiger charge is -2.23. The number of aliphatic hydroxyl groups is 1. The second-order valence-electron chi connectivity index (χ2n) is 9.07. The predicted octanol–water partition coefficient (Wildman–Crippen LogP) is 4.87. The van der Waals surface area contributed by atoms with Crippen molar-refractivity contribution in [2.75, 3.05) is 12.0 Å². The van der Waals surface area contributed by atoms with Gasteiger partial charge in [0.05, 0.1) is 35.4 Å². The van der Waals surface area contributed by atoms with Crippen molar-refractivity contribution in [2.24, 2.45) is 0 Å². The Hall–Kier alpha value is -4.58. The molecule has 3 aromatic rings. The summed E-state index contributed by atoms with van der Waals surface area (Å²) in [7, 11) is 1.20. The van der Waals surface area contributed by atoms with Gasteiger partial charge in [0.2, 0.25) is 0 Å². The number of methoxy groups -OCH3 is 1. The number of carbonyl (C=O) groups excluding carboxylic acids is 3. The Morgan fingerprint density at radius 3 is 2.51 bits per heavy atom. The number of aliphatic hydroxyl groups excluding tert-OH is 1. The molecule has 1 aliphatic heterocycles. The summed E-state index contributed by atoms with van der Waals surface area (Å²) in [6.07, 6.45) is -0.0843. The van der Waals surface area contributed by atoms with E-state index in [-0.39, 0.29) is 44.2 Å². The first-order valence-corrected chi connectivity index (χ1v) is 12.6. The lowest BCUT2D eigenvalue weighted by molar-refractivity contribution is -0.384. The number of carbonyl (C=O) groups is 3. The fourth-order valence-corrected chi connectivity index (χ4v) is 5.27. The number of hydrogen-bond acceptors (Lipinski definition) is 10. The Labute approximate surface area is 227 Å². The SMILES string of the molecule is COC(=O)c1sc(N2C(=O)C(=O)/C(=C(/O)c3ccc(OC(C)C)c(C)c3)[C@H]2c2cccc([N+](=O)[O-])c2)nc1C. The van der Waals surface area contributed by atoms with Crippen LogP contribution in [0.5, 0.6) is 5.75 Å². The summed E-state index contributed by atoms with van der Waals surface area (Å²) in [4.78, 5) is 55.4. The van der Waals surface area contributed by atoms with E-state index in [9.17, 15) is 29.6 Å². The van der Waals surface area contributed by atoms with Crippen LogP contribution >= 0.6 is 11.3 Å². The third-order valence-corrected chi connectivity index (χ3v) is 7.15. The van der Waals surface area contributed by atoms with Gasteiger partial charge in [0.25, 0.3) is 11.5 Å². The van der Waals surface area contributed by atoms with Gasteiger partial charge in [-0.15, -0.1) is 0 Å². The van der Waals surface area contributed by atoms with Crippen molar-refractivity contribution < 1.29 is 33.9 Å². The molecule has 0 saturated carbocycles. The van der Waals surface area contributed by atoms with Gasteiger partial charge in [-0.1, -0.05) is 23.5 Å². The Kier molecular flexibility index (Phi) is 7.50. The highest BCUT2D eigenvalue weighted by molar-refractivity contribution is 7.17.